The number of nitrogens with one attached hydrogen (secondary N) is 5. The molecule has 0 bridgehead atoms. The molecule has 7 N–H and O–H groups in total. The normalized spacial score (nSPS) is 15.2. The average Bonchev–Trinajstić information content (AvgIpc) is 1.60. The van der Waals surface area contributed by atoms with Crippen molar-refractivity contribution in [2.24, 2.45) is 5.73 Å². The third kappa shape index (κ3) is 23.0. The van der Waals surface area contributed by atoms with Gasteiger partial charge in [0.05, 0.1) is 46.9 Å². The minimum absolute atomic E-state index is 0. The van der Waals surface area contributed by atoms with Gasteiger partial charge in [-0.3, -0.25) is 14.7 Å². The molecule has 0 amide bonds. The summed E-state index contributed by atoms with van der Waals surface area (Å²) in [6.45, 7) is 31.0. The fourth-order valence-electron chi connectivity index (χ4n) is 20.2. The van der Waals surface area contributed by atoms with E-state index in [4.69, 9.17) is 20.7 Å². The highest BCUT2D eigenvalue weighted by atomic mass is 35.5. The summed E-state index contributed by atoms with van der Waals surface area (Å²) in [6.07, 6.45) is 15.5. The largest absolute Gasteiger partial charge is 0.327 e. The lowest BCUT2D eigenvalue weighted by Crippen LogP contribution is -2.41. The zero-order valence-corrected chi connectivity index (χ0v) is 86.5. The van der Waals surface area contributed by atoms with Crippen LogP contribution in [-0.4, -0.2) is 215 Å². The van der Waals surface area contributed by atoms with Crippen LogP contribution < -0.4 is 32.3 Å². The number of nitrogens with two attached hydrogens (primary N) is 1. The van der Waals surface area contributed by atoms with E-state index in [1.807, 2.05) is 89.3 Å². The van der Waals surface area contributed by atoms with E-state index < -0.39 is 46.5 Å². The van der Waals surface area contributed by atoms with Crippen molar-refractivity contribution in [1.82, 2.24) is 128 Å². The average molecular weight is 2040 g/mol. The first kappa shape index (κ1) is 104. The number of halogens is 9. The molecule has 2 fully saturated rings. The fraction of sp³-hybridized carbons (Fsp3) is 0.407. The Labute approximate surface area is 859 Å². The number of hydrogen-bond donors (Lipinski definition) is 6. The van der Waals surface area contributed by atoms with E-state index in [-0.39, 0.29) is 88.1 Å². The van der Waals surface area contributed by atoms with Gasteiger partial charge in [0.2, 0.25) is 23.8 Å². The van der Waals surface area contributed by atoms with Crippen molar-refractivity contribution in [2.45, 2.75) is 209 Å². The number of aryl methyl sites for hydroxylation is 4. The first-order chi connectivity index (χ1) is 70.9. The molecular weight excluding hydrogens is 1920 g/mol. The van der Waals surface area contributed by atoms with Gasteiger partial charge in [-0.1, -0.05) is 52.0 Å². The van der Waals surface area contributed by atoms with E-state index in [1.165, 1.54) is 41.0 Å². The number of benzene rings is 4. The molecule has 2 aliphatic carbocycles. The summed E-state index contributed by atoms with van der Waals surface area (Å²) >= 11 is 0. The van der Waals surface area contributed by atoms with Crippen LogP contribution in [0.15, 0.2) is 122 Å². The third-order valence-electron chi connectivity index (χ3n) is 28.3. The maximum absolute atomic E-state index is 15.2. The molecule has 4 aromatic carbocycles. The minimum atomic E-state index is -0.626. The molecule has 40 heteroatoms. The number of aromatic nitrogens is 20. The van der Waals surface area contributed by atoms with Crippen LogP contribution in [-0.2, 0) is 51.9 Å². The van der Waals surface area contributed by atoms with E-state index >= 15 is 13.2 Å². The topological polar surface area (TPSA) is 328 Å². The summed E-state index contributed by atoms with van der Waals surface area (Å²) in [6, 6.07) is 29.5. The van der Waals surface area contributed by atoms with Crippen LogP contribution in [0.1, 0.15) is 185 Å². The lowest BCUT2D eigenvalue weighted by molar-refractivity contribution is 0.180. The monoisotopic (exact) mass is 2040 g/mol. The number of anilines is 8. The Hall–Kier alpha value is -13.7. The molecule has 16 heterocycles. The molecule has 22 rings (SSSR count). The molecule has 2 saturated carbocycles. The molecule has 0 radical (unpaired) electrons. The molecule has 148 heavy (non-hydrogen) atoms. The number of nitrogens with zero attached hydrogens (tertiary/aromatic N) is 25. The van der Waals surface area contributed by atoms with Gasteiger partial charge in [-0.2, -0.15) is 0 Å². The van der Waals surface area contributed by atoms with Crippen molar-refractivity contribution in [2.75, 3.05) is 102 Å². The lowest BCUT2D eigenvalue weighted by Gasteiger charge is -2.32. The van der Waals surface area contributed by atoms with Crippen molar-refractivity contribution < 1.29 is 35.1 Å². The van der Waals surface area contributed by atoms with Gasteiger partial charge >= 0.3 is 0 Å². The highest BCUT2D eigenvalue weighted by Gasteiger charge is 2.34. The second-order valence-electron chi connectivity index (χ2n) is 39.6. The van der Waals surface area contributed by atoms with Gasteiger partial charge in [-0.15, -0.1) is 12.4 Å². The summed E-state index contributed by atoms with van der Waals surface area (Å²) < 4.78 is 128. The second-order valence-corrected chi connectivity index (χ2v) is 39.6. The van der Waals surface area contributed by atoms with Gasteiger partial charge in [0, 0.05) is 186 Å². The summed E-state index contributed by atoms with van der Waals surface area (Å²) in [5.41, 5.74) is 20.1. The van der Waals surface area contributed by atoms with Crippen molar-refractivity contribution in [1.29, 1.82) is 0 Å². The Morgan fingerprint density at radius 3 is 1.04 bits per heavy atom. The van der Waals surface area contributed by atoms with Gasteiger partial charge in [0.15, 0.2) is 46.5 Å². The standard InChI is InChI=1S/C29H36F2N8.C28H32F2N8.C26H28F2N8.C25H27F2N7.ClH/c1-6-21(7-2)39-18(3)33-28-22(30)14-20(15-25(28)39)27-23(31)16-32-29(36-27)35-26-9-8-19-17-38(13-12-37(4)5)11-10-24(19)34-26;1-16(36(3)4)14-37-10-9-23-18(15-37)5-8-25(33-23)34-28-31-13-22(30)26(35-28)19-11-21(29)27-24(12-19)38(17(2)32-27)20-6-7-20;1-14(29)12-35-8-7-21-16(13-35)3-6-23(32-21)33-26-30-11-20(28)24(34-26)17-9-19(27)25-22(10-17)36(15(2)31-25)18-4-5-18;1-4-17(5-2)34-14(3)30-24-18(26)10-16(11-21(24)34)23-19(27)13-29-25(33-23)32-22-7-6-15-12-28-9-8-20(15)31-22;/h8-9,14-16,21H,6-7,10-13,17H2,1-5H3,(H,32,34,35,36);5,8,11-13,16,20H,6-7,9-10,14-15H2,1-4H3,(H,31,33,34,35);3,6,9-11,14,18H,4-5,7-8,12-13,29H2,1-2H3,(H,30,32,33,34);6-7,10-11,13,17,28H,4-5,8-9,12H2,1-3H3,(H,29,31,32,33);1H/t;16-;14-;;/m.10../s1. The van der Waals surface area contributed by atoms with Crippen LogP contribution in [0, 0.1) is 74.2 Å². The molecule has 4 aliphatic heterocycles. The van der Waals surface area contributed by atoms with Gasteiger partial charge in [0.1, 0.15) is 91.4 Å². The smallest absolute Gasteiger partial charge is 0.229 e. The van der Waals surface area contributed by atoms with Crippen molar-refractivity contribution in [3.8, 4) is 45.0 Å². The number of imidazole rings is 4. The summed E-state index contributed by atoms with van der Waals surface area (Å²) in [4.78, 5) is 82.2. The highest BCUT2D eigenvalue weighted by Crippen LogP contribution is 2.44. The molecule has 774 valence electrons. The zero-order valence-electron chi connectivity index (χ0n) is 85.7. The van der Waals surface area contributed by atoms with Crippen LogP contribution in [0.25, 0.3) is 89.2 Å². The van der Waals surface area contributed by atoms with E-state index in [2.05, 4.69) is 191 Å². The van der Waals surface area contributed by atoms with Crippen LogP contribution in [0.2, 0.25) is 0 Å². The predicted octanol–water partition coefficient (Wildman–Crippen LogP) is 20.3. The Kier molecular flexibility index (Phi) is 31.6. The summed E-state index contributed by atoms with van der Waals surface area (Å²) in [7, 11) is 8.37. The molecular formula is C108H124ClF8N31. The van der Waals surface area contributed by atoms with Crippen molar-refractivity contribution in [3.05, 3.63) is 237 Å². The molecule has 12 aromatic heterocycles. The lowest BCUT2D eigenvalue weighted by atomic mass is 10.0. The molecule has 6 aliphatic rings. The zero-order chi connectivity index (χ0) is 103. The quantitative estimate of drug-likeness (QED) is 0.0248. The van der Waals surface area contributed by atoms with E-state index in [0.717, 1.165) is 232 Å². The number of hydrogen-bond acceptors (Lipinski definition) is 27. The number of likely N-dealkylation sites (N-methyl/N-ethyl adjacent to an activating group) is 2. The number of fused-ring (bicyclic) bond motifs is 8. The van der Waals surface area contributed by atoms with Gasteiger partial charge in [-0.05, 0) is 216 Å². The van der Waals surface area contributed by atoms with Crippen LogP contribution >= 0.6 is 12.4 Å². The Balaban J connectivity index is 0.000000129. The maximum atomic E-state index is 15.2. The number of rotatable bonds is 28. The highest BCUT2D eigenvalue weighted by molar-refractivity contribution is 5.87. The van der Waals surface area contributed by atoms with Gasteiger partial charge < -0.3 is 60.4 Å². The SMILES string of the molecule is CCC(CC)n1c(C)nc2c(F)cc(-c3nc(Nc4ccc5c(n4)CCN(CCN(C)C)C5)ncc3F)cc21.CCC(CC)n1c(C)nc2c(F)cc(-c3nc(Nc4ccc5c(n4)CCNC5)ncc3F)cc21.Cc1nc2c(F)cc(-c3nc(Nc4ccc5c(n4)CCN(C[C@@H](C)N(C)C)C5)ncc3F)cc2n1C1CC1.Cc1nc2c(F)cc(-c3nc(Nc4ccc5c(n4)CCN(C[C@H](C)N)C5)ncc3F)cc2n1C1CC1.Cl. The van der Waals surface area contributed by atoms with Crippen LogP contribution in [0.4, 0.5) is 82.2 Å². The van der Waals surface area contributed by atoms with Crippen molar-refractivity contribution in [3.63, 3.8) is 0 Å². The Morgan fingerprint density at radius 1 is 0.385 bits per heavy atom. The summed E-state index contributed by atoms with van der Waals surface area (Å²) in [5, 5.41) is 15.7. The predicted molar refractivity (Wildman–Crippen MR) is 562 cm³/mol. The molecule has 0 spiro atoms. The second kappa shape index (κ2) is 44.8. The van der Waals surface area contributed by atoms with Gasteiger partial charge in [-0.25, -0.2) is 115 Å². The first-order valence-corrected chi connectivity index (χ1v) is 50.7. The molecule has 0 unspecified atom stereocenters. The first-order valence-electron chi connectivity index (χ1n) is 50.7. The Bertz CT molecular complexity index is 7580. The Morgan fingerprint density at radius 2 is 0.703 bits per heavy atom. The molecule has 2 atom stereocenters. The number of pyridine rings is 4. The maximum Gasteiger partial charge on any atom is 0.229 e. The molecule has 0 saturated heterocycles. The minimum Gasteiger partial charge on any atom is -0.327 e. The fourth-order valence-corrected chi connectivity index (χ4v) is 20.2. The van der Waals surface area contributed by atoms with E-state index in [1.54, 1.807) is 24.3 Å². The summed E-state index contributed by atoms with van der Waals surface area (Å²) in [5.74, 6) is 1.67. The van der Waals surface area contributed by atoms with Crippen LogP contribution in [0.5, 0.6) is 0 Å². The third-order valence-corrected chi connectivity index (χ3v) is 28.3. The van der Waals surface area contributed by atoms with Crippen molar-refractivity contribution >= 4 is 104 Å². The van der Waals surface area contributed by atoms with E-state index in [9.17, 15) is 22.0 Å². The molecule has 31 nitrogen and oxygen atoms in total. The molecule has 16 aromatic rings. The van der Waals surface area contributed by atoms with Gasteiger partial charge in [0.25, 0.3) is 0 Å². The van der Waals surface area contributed by atoms with E-state index in [0.29, 0.717) is 96.8 Å². The van der Waals surface area contributed by atoms with Crippen LogP contribution in [0.3, 0.4) is 0 Å².